The van der Waals surface area contributed by atoms with Crippen LogP contribution in [0.3, 0.4) is 0 Å². The number of hydrogen-bond donors (Lipinski definition) is 0. The van der Waals surface area contributed by atoms with Crippen LogP contribution in [0.2, 0.25) is 19.6 Å². The Morgan fingerprint density at radius 1 is 0.633 bits per heavy atom. The van der Waals surface area contributed by atoms with Crippen LogP contribution in [0.5, 0.6) is 0 Å². The van der Waals surface area contributed by atoms with E-state index in [-0.39, 0.29) is 20.1 Å². The molecular formula is C44H38IrN2OSi-2. The first-order valence-electron chi connectivity index (χ1n) is 16.4. The molecule has 49 heavy (non-hydrogen) atoms. The van der Waals surface area contributed by atoms with E-state index in [0.717, 1.165) is 55.2 Å². The number of fused-ring (bicyclic) bond motifs is 4. The average molecular weight is 831 g/mol. The van der Waals surface area contributed by atoms with Crippen molar-refractivity contribution in [1.29, 1.82) is 0 Å². The predicted molar refractivity (Wildman–Crippen MR) is 204 cm³/mol. The van der Waals surface area contributed by atoms with E-state index in [1.807, 2.05) is 54.9 Å². The van der Waals surface area contributed by atoms with Gasteiger partial charge in [0.15, 0.2) is 0 Å². The molecule has 0 N–H and O–H groups in total. The van der Waals surface area contributed by atoms with Crippen LogP contribution in [0.4, 0.5) is 0 Å². The number of aromatic nitrogens is 2. The Morgan fingerprint density at radius 3 is 2.06 bits per heavy atom. The van der Waals surface area contributed by atoms with Gasteiger partial charge in [0, 0.05) is 37.9 Å². The topological polar surface area (TPSA) is 38.9 Å². The molecule has 0 bridgehead atoms. The first kappa shape index (κ1) is 34.2. The van der Waals surface area contributed by atoms with Crippen LogP contribution in [0, 0.1) is 32.9 Å². The number of benzene rings is 5. The second-order valence-corrected chi connectivity index (χ2v) is 18.6. The van der Waals surface area contributed by atoms with E-state index in [1.165, 1.54) is 33.0 Å². The molecular weight excluding hydrogens is 793 g/mol. The zero-order valence-electron chi connectivity index (χ0n) is 28.7. The summed E-state index contributed by atoms with van der Waals surface area (Å²) in [7, 11) is -1.23. The van der Waals surface area contributed by atoms with E-state index < -0.39 is 8.07 Å². The van der Waals surface area contributed by atoms with Gasteiger partial charge in [0.2, 0.25) is 0 Å². The molecule has 0 fully saturated rings. The molecule has 0 amide bonds. The van der Waals surface area contributed by atoms with Crippen molar-refractivity contribution in [2.24, 2.45) is 0 Å². The summed E-state index contributed by atoms with van der Waals surface area (Å²) >= 11 is 0. The minimum Gasteiger partial charge on any atom is -0.501 e. The third kappa shape index (κ3) is 7.07. The predicted octanol–water partition coefficient (Wildman–Crippen LogP) is 11.3. The van der Waals surface area contributed by atoms with Crippen molar-refractivity contribution in [2.45, 2.75) is 40.4 Å². The Hall–Kier alpha value is -4.67. The Kier molecular flexibility index (Phi) is 9.81. The summed E-state index contributed by atoms with van der Waals surface area (Å²) in [4.78, 5) is 9.22. The summed E-state index contributed by atoms with van der Waals surface area (Å²) in [5.41, 5.74) is 11.9. The van der Waals surface area contributed by atoms with E-state index in [9.17, 15) is 0 Å². The van der Waals surface area contributed by atoms with Crippen molar-refractivity contribution in [1.82, 2.24) is 9.97 Å². The second-order valence-electron chi connectivity index (χ2n) is 13.6. The Morgan fingerprint density at radius 2 is 1.37 bits per heavy atom. The molecule has 0 aliphatic rings. The molecule has 0 atom stereocenters. The zero-order chi connectivity index (χ0) is 33.4. The molecule has 3 heterocycles. The maximum Gasteiger partial charge on any atom is 0.121 e. The van der Waals surface area contributed by atoms with E-state index in [0.29, 0.717) is 0 Å². The van der Waals surface area contributed by atoms with Crippen molar-refractivity contribution < 1.29 is 24.5 Å². The number of furan rings is 1. The maximum absolute atomic E-state index is 6.44. The Bertz CT molecular complexity index is 2390. The molecule has 3 aromatic heterocycles. The summed E-state index contributed by atoms with van der Waals surface area (Å²) in [5, 5.41) is 5.88. The van der Waals surface area contributed by atoms with Gasteiger partial charge in [-0.15, -0.1) is 54.1 Å². The fourth-order valence-corrected chi connectivity index (χ4v) is 7.53. The molecule has 8 aromatic rings. The summed E-state index contributed by atoms with van der Waals surface area (Å²) in [5.74, 6) is 0. The third-order valence-electron chi connectivity index (χ3n) is 8.90. The van der Waals surface area contributed by atoms with Gasteiger partial charge in [-0.05, 0) is 76.4 Å². The van der Waals surface area contributed by atoms with Gasteiger partial charge in [-0.3, -0.25) is 0 Å². The number of pyridine rings is 2. The maximum atomic E-state index is 6.44. The molecule has 0 spiro atoms. The number of aryl methyl sites for hydroxylation is 3. The normalized spacial score (nSPS) is 11.3. The van der Waals surface area contributed by atoms with Crippen LogP contribution in [0.1, 0.15) is 16.7 Å². The van der Waals surface area contributed by atoms with Crippen LogP contribution in [-0.2, 0) is 20.1 Å². The van der Waals surface area contributed by atoms with Crippen molar-refractivity contribution in [3.63, 3.8) is 0 Å². The average Bonchev–Trinajstić information content (AvgIpc) is 3.46. The van der Waals surface area contributed by atoms with E-state index >= 15 is 0 Å². The van der Waals surface area contributed by atoms with Crippen LogP contribution in [0.25, 0.3) is 66.4 Å². The Balaban J connectivity index is 0.000000208. The van der Waals surface area contributed by atoms with Gasteiger partial charge < -0.3 is 14.4 Å². The van der Waals surface area contributed by atoms with Crippen LogP contribution in [0.15, 0.2) is 126 Å². The molecule has 3 nitrogen and oxygen atoms in total. The molecule has 0 aliphatic carbocycles. The van der Waals surface area contributed by atoms with Crippen LogP contribution < -0.4 is 5.19 Å². The minimum atomic E-state index is -1.23. The van der Waals surface area contributed by atoms with Crippen molar-refractivity contribution in [3.05, 3.63) is 150 Å². The fourth-order valence-electron chi connectivity index (χ4n) is 6.49. The van der Waals surface area contributed by atoms with Crippen molar-refractivity contribution in [2.75, 3.05) is 0 Å². The number of hydrogen-bond acceptors (Lipinski definition) is 3. The molecule has 1 radical (unpaired) electrons. The largest absolute Gasteiger partial charge is 0.501 e. The molecule has 0 aliphatic heterocycles. The van der Waals surface area contributed by atoms with Gasteiger partial charge in [-0.1, -0.05) is 103 Å². The fraction of sp³-hybridized carbons (Fsp3) is 0.136. The van der Waals surface area contributed by atoms with Gasteiger partial charge >= 0.3 is 0 Å². The molecule has 0 unspecified atom stereocenters. The summed E-state index contributed by atoms with van der Waals surface area (Å²) < 4.78 is 6.44. The van der Waals surface area contributed by atoms with Gasteiger partial charge in [-0.25, -0.2) is 0 Å². The Labute approximate surface area is 303 Å². The van der Waals surface area contributed by atoms with Crippen molar-refractivity contribution in [3.8, 4) is 33.6 Å². The summed E-state index contributed by atoms with van der Waals surface area (Å²) in [6, 6.07) is 44.2. The van der Waals surface area contributed by atoms with Gasteiger partial charge in [0.25, 0.3) is 0 Å². The molecule has 245 valence electrons. The summed E-state index contributed by atoms with van der Waals surface area (Å²) in [6.07, 6.45) is 3.93. The van der Waals surface area contributed by atoms with Crippen LogP contribution >= 0.6 is 0 Å². The molecule has 8 rings (SSSR count). The smallest absolute Gasteiger partial charge is 0.121 e. The van der Waals surface area contributed by atoms with E-state index in [4.69, 9.17) is 9.40 Å². The first-order chi connectivity index (χ1) is 23.2. The number of nitrogens with zero attached hydrogens (tertiary/aromatic N) is 2. The second kappa shape index (κ2) is 14.1. The zero-order valence-corrected chi connectivity index (χ0v) is 32.1. The standard InChI is InChI=1S/C30H22NO.C14H16NSi.Ir/c1-18-13-19(2)29(20(3)14-18)22-11-12-24-25-9-6-10-26(30(25)32-28(24)16-22)27-15-21-7-4-5-8-23(21)17-31-27;1-16(2,3)13-9-10-14(15-11-13)12-7-5-4-6-8-12;/h4-9,11-17H,1-3H3;4-7,9-11H,1-3H3;/q2*-1;. The van der Waals surface area contributed by atoms with Gasteiger partial charge in [-0.2, -0.15) is 0 Å². The SMILES string of the molecule is C[Si](C)(C)c1ccc(-c2[c-]cccc2)nc1.Cc1cc(C)c(-c2ccc3c(c2)oc2c(-c4cc5ccccc5cn4)[c-]ccc23)c(C)c1.[Ir]. The van der Waals surface area contributed by atoms with Crippen LogP contribution in [-0.4, -0.2) is 18.0 Å². The summed E-state index contributed by atoms with van der Waals surface area (Å²) in [6.45, 7) is 13.5. The first-order valence-corrected chi connectivity index (χ1v) is 19.9. The quantitative estimate of drug-likeness (QED) is 0.131. The molecule has 0 saturated carbocycles. The third-order valence-corrected chi connectivity index (χ3v) is 10.9. The van der Waals surface area contributed by atoms with E-state index in [1.54, 1.807) is 0 Å². The van der Waals surface area contributed by atoms with Gasteiger partial charge in [0.05, 0.1) is 13.7 Å². The monoisotopic (exact) mass is 831 g/mol. The van der Waals surface area contributed by atoms with E-state index in [2.05, 4.69) is 124 Å². The molecule has 0 saturated heterocycles. The molecule has 5 aromatic carbocycles. The number of rotatable bonds is 4. The van der Waals surface area contributed by atoms with Crippen molar-refractivity contribution >= 4 is 46.0 Å². The minimum absolute atomic E-state index is 0. The molecule has 5 heteroatoms. The van der Waals surface area contributed by atoms with Gasteiger partial charge in [0.1, 0.15) is 5.58 Å².